The van der Waals surface area contributed by atoms with Crippen LogP contribution in [0.5, 0.6) is 0 Å². The van der Waals surface area contributed by atoms with E-state index in [1.807, 2.05) is 68.4 Å². The average molecular weight is 372 g/mol. The number of carbonyl (C=O) groups is 2. The maximum atomic E-state index is 12.6. The summed E-state index contributed by atoms with van der Waals surface area (Å²) in [7, 11) is 0. The number of hydrogen-bond donors (Lipinski definition) is 2. The van der Waals surface area contributed by atoms with E-state index < -0.39 is 0 Å². The van der Waals surface area contributed by atoms with Crippen molar-refractivity contribution in [3.05, 3.63) is 101 Å². The van der Waals surface area contributed by atoms with Crippen molar-refractivity contribution in [3.63, 3.8) is 0 Å². The Morgan fingerprint density at radius 2 is 1.61 bits per heavy atom. The summed E-state index contributed by atoms with van der Waals surface area (Å²) in [6, 6.07) is 24.5. The second-order valence-corrected chi connectivity index (χ2v) is 6.84. The highest BCUT2D eigenvalue weighted by atomic mass is 16.2. The number of amides is 2. The van der Waals surface area contributed by atoms with Gasteiger partial charge < -0.3 is 10.6 Å². The lowest BCUT2D eigenvalue weighted by atomic mass is 10.1. The van der Waals surface area contributed by atoms with Crippen molar-refractivity contribution < 1.29 is 9.59 Å². The minimum atomic E-state index is -0.175. The van der Waals surface area contributed by atoms with Crippen molar-refractivity contribution in [1.82, 2.24) is 5.32 Å². The Balaban J connectivity index is 1.64. The van der Waals surface area contributed by atoms with Crippen LogP contribution >= 0.6 is 0 Å². The molecule has 28 heavy (non-hydrogen) atoms. The molecule has 4 nitrogen and oxygen atoms in total. The fraction of sp³-hybridized carbons (Fsp3) is 0.167. The largest absolute Gasteiger partial charge is 0.346 e. The monoisotopic (exact) mass is 372 g/mol. The van der Waals surface area contributed by atoms with Crippen molar-refractivity contribution >= 4 is 17.5 Å². The normalized spacial score (nSPS) is 11.5. The van der Waals surface area contributed by atoms with Crippen LogP contribution in [0.1, 0.15) is 40.0 Å². The van der Waals surface area contributed by atoms with Crippen LogP contribution in [0.3, 0.4) is 0 Å². The van der Waals surface area contributed by atoms with Crippen molar-refractivity contribution in [2.75, 3.05) is 5.32 Å². The summed E-state index contributed by atoms with van der Waals surface area (Å²) >= 11 is 0. The first-order valence-electron chi connectivity index (χ1n) is 9.33. The Morgan fingerprint density at radius 3 is 2.36 bits per heavy atom. The van der Waals surface area contributed by atoms with Crippen molar-refractivity contribution in [1.29, 1.82) is 0 Å². The molecule has 1 unspecified atom stereocenters. The molecule has 0 bridgehead atoms. The molecule has 4 heteroatoms. The molecule has 0 heterocycles. The van der Waals surface area contributed by atoms with E-state index in [0.29, 0.717) is 17.7 Å². The highest BCUT2D eigenvalue weighted by molar-refractivity contribution is 5.97. The van der Waals surface area contributed by atoms with Crippen molar-refractivity contribution in [3.8, 4) is 0 Å². The van der Waals surface area contributed by atoms with Gasteiger partial charge in [-0.1, -0.05) is 60.7 Å². The maximum Gasteiger partial charge on any atom is 0.251 e. The lowest BCUT2D eigenvalue weighted by Gasteiger charge is -2.15. The van der Waals surface area contributed by atoms with Crippen molar-refractivity contribution in [2.45, 2.75) is 26.3 Å². The Bertz CT molecular complexity index is 967. The summed E-state index contributed by atoms with van der Waals surface area (Å²) in [5.41, 5.74) is 4.24. The van der Waals surface area contributed by atoms with E-state index in [4.69, 9.17) is 0 Å². The average Bonchev–Trinajstić information content (AvgIpc) is 2.70. The quantitative estimate of drug-likeness (QED) is 0.661. The zero-order chi connectivity index (χ0) is 19.9. The zero-order valence-electron chi connectivity index (χ0n) is 16.1. The highest BCUT2D eigenvalue weighted by Gasteiger charge is 2.12. The summed E-state index contributed by atoms with van der Waals surface area (Å²) in [5.74, 6) is -0.282. The van der Waals surface area contributed by atoms with Gasteiger partial charge in [-0.2, -0.15) is 0 Å². The van der Waals surface area contributed by atoms with Gasteiger partial charge in [-0.3, -0.25) is 9.59 Å². The van der Waals surface area contributed by atoms with Crippen LogP contribution in [-0.2, 0) is 11.2 Å². The molecular formula is C24H24N2O2. The van der Waals surface area contributed by atoms with Gasteiger partial charge in [0.1, 0.15) is 0 Å². The number of hydrogen-bond acceptors (Lipinski definition) is 2. The van der Waals surface area contributed by atoms with E-state index in [1.165, 1.54) is 0 Å². The summed E-state index contributed by atoms with van der Waals surface area (Å²) in [4.78, 5) is 24.9. The van der Waals surface area contributed by atoms with Crippen LogP contribution in [0, 0.1) is 6.92 Å². The van der Waals surface area contributed by atoms with E-state index in [1.54, 1.807) is 24.3 Å². The lowest BCUT2D eigenvalue weighted by molar-refractivity contribution is -0.115. The van der Waals surface area contributed by atoms with Gasteiger partial charge in [-0.05, 0) is 48.7 Å². The molecule has 0 aliphatic rings. The molecule has 0 aliphatic carbocycles. The molecule has 0 saturated carbocycles. The van der Waals surface area contributed by atoms with E-state index in [-0.39, 0.29) is 17.9 Å². The number of nitrogens with one attached hydrogen (secondary N) is 2. The molecule has 2 amide bonds. The number of aryl methyl sites for hydroxylation is 1. The second kappa shape index (κ2) is 9.00. The highest BCUT2D eigenvalue weighted by Crippen LogP contribution is 2.16. The van der Waals surface area contributed by atoms with E-state index in [9.17, 15) is 9.59 Å². The third-order valence-corrected chi connectivity index (χ3v) is 4.67. The van der Waals surface area contributed by atoms with Crippen LogP contribution in [0.15, 0.2) is 78.9 Å². The summed E-state index contributed by atoms with van der Waals surface area (Å²) in [5, 5.41) is 5.87. The van der Waals surface area contributed by atoms with Crippen molar-refractivity contribution in [2.24, 2.45) is 0 Å². The Kier molecular flexibility index (Phi) is 6.22. The van der Waals surface area contributed by atoms with E-state index in [0.717, 1.165) is 16.7 Å². The molecule has 3 aromatic carbocycles. The minimum absolute atomic E-state index is 0.104. The van der Waals surface area contributed by atoms with E-state index in [2.05, 4.69) is 10.6 Å². The molecule has 1 atom stereocenters. The van der Waals surface area contributed by atoms with Crippen LogP contribution in [-0.4, -0.2) is 11.8 Å². The Morgan fingerprint density at radius 1 is 0.893 bits per heavy atom. The molecule has 0 spiro atoms. The first kappa shape index (κ1) is 19.4. The van der Waals surface area contributed by atoms with Gasteiger partial charge in [0.05, 0.1) is 12.5 Å². The molecule has 0 radical (unpaired) electrons. The first-order valence-corrected chi connectivity index (χ1v) is 9.33. The predicted octanol–water partition coefficient (Wildman–Crippen LogP) is 4.67. The fourth-order valence-corrected chi connectivity index (χ4v) is 3.03. The number of carbonyl (C=O) groups excluding carboxylic acids is 2. The topological polar surface area (TPSA) is 58.2 Å². The lowest BCUT2D eigenvalue weighted by Crippen LogP contribution is -2.26. The zero-order valence-corrected chi connectivity index (χ0v) is 16.1. The van der Waals surface area contributed by atoms with Gasteiger partial charge in [0.25, 0.3) is 5.91 Å². The molecule has 0 aromatic heterocycles. The van der Waals surface area contributed by atoms with Crippen LogP contribution in [0.25, 0.3) is 0 Å². The molecule has 2 N–H and O–H groups in total. The van der Waals surface area contributed by atoms with Gasteiger partial charge in [0, 0.05) is 11.3 Å². The van der Waals surface area contributed by atoms with Gasteiger partial charge in [-0.15, -0.1) is 0 Å². The summed E-state index contributed by atoms with van der Waals surface area (Å²) in [6.45, 7) is 3.93. The molecule has 3 aromatic rings. The number of rotatable bonds is 6. The predicted molar refractivity (Wildman–Crippen MR) is 112 cm³/mol. The minimum Gasteiger partial charge on any atom is -0.346 e. The Labute approximate surface area is 165 Å². The molecule has 3 rings (SSSR count). The third kappa shape index (κ3) is 5.07. The van der Waals surface area contributed by atoms with Crippen LogP contribution in [0.4, 0.5) is 5.69 Å². The van der Waals surface area contributed by atoms with Crippen LogP contribution in [0.2, 0.25) is 0 Å². The molecular weight excluding hydrogens is 348 g/mol. The molecule has 0 aliphatic heterocycles. The number of benzene rings is 3. The SMILES string of the molecule is Cc1ccccc1CC(=O)Nc1cccc(C(=O)NC(C)c2ccccc2)c1. The Hall–Kier alpha value is -3.40. The van der Waals surface area contributed by atoms with Crippen LogP contribution < -0.4 is 10.6 Å². The van der Waals surface area contributed by atoms with Gasteiger partial charge >= 0.3 is 0 Å². The number of anilines is 1. The van der Waals surface area contributed by atoms with Gasteiger partial charge in [0.15, 0.2) is 0 Å². The van der Waals surface area contributed by atoms with Gasteiger partial charge in [0.2, 0.25) is 5.91 Å². The fourth-order valence-electron chi connectivity index (χ4n) is 3.03. The smallest absolute Gasteiger partial charge is 0.251 e. The van der Waals surface area contributed by atoms with Gasteiger partial charge in [-0.25, -0.2) is 0 Å². The summed E-state index contributed by atoms with van der Waals surface area (Å²) < 4.78 is 0. The van der Waals surface area contributed by atoms with E-state index >= 15 is 0 Å². The molecule has 0 saturated heterocycles. The molecule has 0 fully saturated rings. The maximum absolute atomic E-state index is 12.6. The third-order valence-electron chi connectivity index (χ3n) is 4.67. The first-order chi connectivity index (χ1) is 13.5. The summed E-state index contributed by atoms with van der Waals surface area (Å²) in [6.07, 6.45) is 0.300. The second-order valence-electron chi connectivity index (χ2n) is 6.84. The standard InChI is InChI=1S/C24H24N2O2/c1-17-9-6-7-12-20(17)16-23(27)26-22-14-8-13-21(15-22)24(28)25-18(2)19-10-4-3-5-11-19/h3-15,18H,16H2,1-2H3,(H,25,28)(H,26,27). The molecule has 142 valence electrons.